The minimum atomic E-state index is -0.864. The SMILES string of the molecule is COc1ccc(NC(=O)Cc2c(F)cc(-c3ccn4nc(N)nc4c3Cl)cc2F)cc1. The smallest absolute Gasteiger partial charge is 0.240 e. The molecular formula is C21H16ClF2N5O2. The summed E-state index contributed by atoms with van der Waals surface area (Å²) in [6.45, 7) is 0. The fraction of sp³-hybridized carbons (Fsp3) is 0.0952. The van der Waals surface area contributed by atoms with Gasteiger partial charge in [-0.1, -0.05) is 11.6 Å². The number of carbonyl (C=O) groups excluding carboxylic acids is 1. The number of nitrogens with zero attached hydrogens (tertiary/aromatic N) is 3. The molecule has 2 aromatic carbocycles. The van der Waals surface area contributed by atoms with Crippen molar-refractivity contribution in [3.8, 4) is 16.9 Å². The zero-order valence-electron chi connectivity index (χ0n) is 16.2. The van der Waals surface area contributed by atoms with E-state index in [2.05, 4.69) is 15.4 Å². The predicted octanol–water partition coefficient (Wildman–Crippen LogP) is 4.10. The molecule has 1 amide bonds. The Hall–Kier alpha value is -3.72. The molecule has 4 aromatic rings. The van der Waals surface area contributed by atoms with Crippen molar-refractivity contribution in [3.05, 3.63) is 70.9 Å². The molecule has 0 saturated heterocycles. The number of nitrogens with one attached hydrogen (secondary N) is 1. The maximum Gasteiger partial charge on any atom is 0.240 e. The van der Waals surface area contributed by atoms with E-state index in [0.29, 0.717) is 17.0 Å². The number of rotatable bonds is 5. The lowest BCUT2D eigenvalue weighted by Crippen LogP contribution is -2.16. The number of methoxy groups -OCH3 is 1. The molecule has 0 spiro atoms. The van der Waals surface area contributed by atoms with Gasteiger partial charge in [0.2, 0.25) is 11.9 Å². The van der Waals surface area contributed by atoms with Crippen molar-refractivity contribution in [3.63, 3.8) is 0 Å². The second-order valence-corrected chi connectivity index (χ2v) is 7.03. The maximum absolute atomic E-state index is 14.7. The maximum atomic E-state index is 14.7. The first kappa shape index (κ1) is 20.5. The van der Waals surface area contributed by atoms with Crippen molar-refractivity contribution in [2.45, 2.75) is 6.42 Å². The van der Waals surface area contributed by atoms with Gasteiger partial charge in [0.05, 0.1) is 18.6 Å². The van der Waals surface area contributed by atoms with Crippen LogP contribution in [0.2, 0.25) is 5.02 Å². The summed E-state index contributed by atoms with van der Waals surface area (Å²) in [5.41, 5.74) is 6.52. The molecule has 7 nitrogen and oxygen atoms in total. The zero-order valence-corrected chi connectivity index (χ0v) is 17.0. The lowest BCUT2D eigenvalue weighted by Gasteiger charge is -2.11. The number of amides is 1. The van der Waals surface area contributed by atoms with E-state index in [-0.39, 0.29) is 27.7 Å². The van der Waals surface area contributed by atoms with E-state index in [0.717, 1.165) is 12.1 Å². The Morgan fingerprint density at radius 2 is 1.87 bits per heavy atom. The number of fused-ring (bicyclic) bond motifs is 1. The lowest BCUT2D eigenvalue weighted by molar-refractivity contribution is -0.115. The minimum absolute atomic E-state index is 0.0228. The highest BCUT2D eigenvalue weighted by Crippen LogP contribution is 2.33. The van der Waals surface area contributed by atoms with Crippen LogP contribution >= 0.6 is 11.6 Å². The monoisotopic (exact) mass is 443 g/mol. The standard InChI is InChI=1S/C21H16ClF2N5O2/c1-31-13-4-2-12(3-5-13)26-18(30)10-15-16(23)8-11(9-17(15)24)14-6-7-29-20(19(14)22)27-21(25)28-29/h2-9H,10H2,1H3,(H2,25,28)(H,26,30). The van der Waals surface area contributed by atoms with Crippen molar-refractivity contribution in [2.75, 3.05) is 18.2 Å². The Morgan fingerprint density at radius 3 is 2.52 bits per heavy atom. The van der Waals surface area contributed by atoms with Gasteiger partial charge < -0.3 is 15.8 Å². The Bertz CT molecular complexity index is 1270. The van der Waals surface area contributed by atoms with Gasteiger partial charge >= 0.3 is 0 Å². The van der Waals surface area contributed by atoms with Gasteiger partial charge in [-0.3, -0.25) is 4.79 Å². The van der Waals surface area contributed by atoms with Crippen LogP contribution in [0.3, 0.4) is 0 Å². The van der Waals surface area contributed by atoms with Gasteiger partial charge in [-0.15, -0.1) is 5.10 Å². The van der Waals surface area contributed by atoms with Crippen LogP contribution in [0.5, 0.6) is 5.75 Å². The van der Waals surface area contributed by atoms with Crippen LogP contribution in [0.15, 0.2) is 48.7 Å². The number of nitrogens with two attached hydrogens (primary N) is 1. The van der Waals surface area contributed by atoms with E-state index in [1.54, 1.807) is 30.3 Å². The third kappa shape index (κ3) is 4.13. The summed E-state index contributed by atoms with van der Waals surface area (Å²) in [6.07, 6.45) is 1.06. The Labute approximate surface area is 180 Å². The molecule has 3 N–H and O–H groups in total. The molecule has 0 unspecified atom stereocenters. The van der Waals surface area contributed by atoms with E-state index in [1.807, 2.05) is 0 Å². The van der Waals surface area contributed by atoms with Gasteiger partial charge in [0.1, 0.15) is 17.4 Å². The van der Waals surface area contributed by atoms with Crippen LogP contribution in [0.1, 0.15) is 5.56 Å². The largest absolute Gasteiger partial charge is 0.497 e. The molecule has 158 valence electrons. The van der Waals surface area contributed by atoms with E-state index in [4.69, 9.17) is 22.1 Å². The summed E-state index contributed by atoms with van der Waals surface area (Å²) in [7, 11) is 1.52. The first-order valence-electron chi connectivity index (χ1n) is 9.08. The summed E-state index contributed by atoms with van der Waals surface area (Å²) in [4.78, 5) is 16.3. The summed E-state index contributed by atoms with van der Waals surface area (Å²) >= 11 is 6.33. The molecule has 0 aliphatic carbocycles. The summed E-state index contributed by atoms with van der Waals surface area (Å²) in [5.74, 6) is -1.64. The van der Waals surface area contributed by atoms with Crippen molar-refractivity contribution in [1.29, 1.82) is 0 Å². The topological polar surface area (TPSA) is 94.5 Å². The highest BCUT2D eigenvalue weighted by Gasteiger charge is 2.18. The second kappa shape index (κ2) is 8.19. The molecule has 0 fully saturated rings. The first-order chi connectivity index (χ1) is 14.9. The van der Waals surface area contributed by atoms with E-state index in [1.165, 1.54) is 17.8 Å². The van der Waals surface area contributed by atoms with E-state index >= 15 is 0 Å². The Kier molecular flexibility index (Phi) is 5.43. The number of anilines is 2. The van der Waals surface area contributed by atoms with Crippen molar-refractivity contribution < 1.29 is 18.3 Å². The highest BCUT2D eigenvalue weighted by molar-refractivity contribution is 6.36. The molecule has 0 saturated carbocycles. The van der Waals surface area contributed by atoms with E-state index < -0.39 is 24.0 Å². The van der Waals surface area contributed by atoms with Gasteiger partial charge in [0, 0.05) is 23.0 Å². The van der Waals surface area contributed by atoms with Crippen LogP contribution in [0.25, 0.3) is 16.8 Å². The van der Waals surface area contributed by atoms with Gasteiger partial charge in [-0.05, 0) is 48.0 Å². The Balaban J connectivity index is 1.58. The highest BCUT2D eigenvalue weighted by atomic mass is 35.5. The predicted molar refractivity (Wildman–Crippen MR) is 113 cm³/mol. The molecule has 10 heteroatoms. The van der Waals surface area contributed by atoms with Gasteiger partial charge in [0.25, 0.3) is 0 Å². The second-order valence-electron chi connectivity index (χ2n) is 6.65. The van der Waals surface area contributed by atoms with Crippen molar-refractivity contribution in [2.24, 2.45) is 0 Å². The van der Waals surface area contributed by atoms with Crippen LogP contribution in [0, 0.1) is 11.6 Å². The van der Waals surface area contributed by atoms with Crippen LogP contribution < -0.4 is 15.8 Å². The quantitative estimate of drug-likeness (QED) is 0.484. The molecule has 0 aliphatic heterocycles. The third-order valence-electron chi connectivity index (χ3n) is 4.63. The summed E-state index contributed by atoms with van der Waals surface area (Å²) in [5, 5.41) is 6.68. The molecule has 0 radical (unpaired) electrons. The average molecular weight is 444 g/mol. The normalized spacial score (nSPS) is 11.0. The number of carbonyl (C=O) groups is 1. The number of hydrogen-bond donors (Lipinski definition) is 2. The number of ether oxygens (including phenoxy) is 1. The lowest BCUT2D eigenvalue weighted by atomic mass is 10.0. The summed E-state index contributed by atoms with van der Waals surface area (Å²) in [6, 6.07) is 10.4. The van der Waals surface area contributed by atoms with Gasteiger partial charge in [0.15, 0.2) is 5.65 Å². The van der Waals surface area contributed by atoms with Gasteiger partial charge in [-0.2, -0.15) is 4.98 Å². The van der Waals surface area contributed by atoms with Crippen LogP contribution in [-0.2, 0) is 11.2 Å². The van der Waals surface area contributed by atoms with Gasteiger partial charge in [-0.25, -0.2) is 13.3 Å². The molecule has 2 heterocycles. The van der Waals surface area contributed by atoms with Crippen molar-refractivity contribution >= 4 is 34.8 Å². The Morgan fingerprint density at radius 1 is 1.19 bits per heavy atom. The van der Waals surface area contributed by atoms with Crippen LogP contribution in [-0.4, -0.2) is 27.6 Å². The molecule has 0 bridgehead atoms. The average Bonchev–Trinajstić information content (AvgIpc) is 3.13. The summed E-state index contributed by atoms with van der Waals surface area (Å²) < 4.78 is 35.8. The first-order valence-corrected chi connectivity index (χ1v) is 9.46. The number of pyridine rings is 1. The molecule has 0 atom stereocenters. The number of halogens is 3. The fourth-order valence-electron chi connectivity index (χ4n) is 3.12. The van der Waals surface area contributed by atoms with Crippen molar-refractivity contribution in [1.82, 2.24) is 14.6 Å². The minimum Gasteiger partial charge on any atom is -0.497 e. The molecule has 0 aliphatic rings. The molecule has 2 aromatic heterocycles. The molecule has 4 rings (SSSR count). The molecule has 31 heavy (non-hydrogen) atoms. The van der Waals surface area contributed by atoms with E-state index in [9.17, 15) is 13.6 Å². The number of benzene rings is 2. The third-order valence-corrected chi connectivity index (χ3v) is 5.00. The fourth-order valence-corrected chi connectivity index (χ4v) is 3.42. The number of hydrogen-bond acceptors (Lipinski definition) is 5. The van der Waals surface area contributed by atoms with Crippen LogP contribution in [0.4, 0.5) is 20.4 Å². The zero-order chi connectivity index (χ0) is 22.1. The number of nitrogen functional groups attached to an aromatic ring is 1. The molecular weight excluding hydrogens is 428 g/mol. The number of aromatic nitrogens is 3.